The van der Waals surface area contributed by atoms with Crippen molar-refractivity contribution in [3.8, 4) is 11.5 Å². The first-order chi connectivity index (χ1) is 9.99. The van der Waals surface area contributed by atoms with Gasteiger partial charge >= 0.3 is 5.97 Å². The number of aliphatic carboxylic acids is 1. The Morgan fingerprint density at radius 3 is 2.71 bits per heavy atom. The molecule has 2 aromatic rings. The van der Waals surface area contributed by atoms with Gasteiger partial charge in [0.2, 0.25) is 0 Å². The highest BCUT2D eigenvalue weighted by Gasteiger charge is 2.18. The molecule has 0 amide bonds. The molecule has 7 nitrogen and oxygen atoms in total. The second kappa shape index (κ2) is 6.17. The van der Waals surface area contributed by atoms with E-state index in [4.69, 9.17) is 0 Å². The standard InChI is InChI=1S/C14H17N3O4/c1-2-10-7-17(8-15-10)16-11(14(20)21)5-9-3-4-12(18)13(19)6-9/h3-4,6-8,11,16,18-19H,2,5H2,1H3,(H,20,21)/t11-/m0/s1. The molecule has 0 saturated carbocycles. The summed E-state index contributed by atoms with van der Waals surface area (Å²) in [7, 11) is 0. The predicted molar refractivity (Wildman–Crippen MR) is 75.9 cm³/mol. The smallest absolute Gasteiger partial charge is 0.328 e. The number of carboxylic acid groups (broad SMARTS) is 1. The fraction of sp³-hybridized carbons (Fsp3) is 0.286. The zero-order valence-electron chi connectivity index (χ0n) is 11.5. The number of carboxylic acids is 1. The van der Waals surface area contributed by atoms with Crippen molar-refractivity contribution >= 4 is 5.97 Å². The van der Waals surface area contributed by atoms with Gasteiger partial charge < -0.3 is 20.7 Å². The van der Waals surface area contributed by atoms with Crippen LogP contribution in [0.1, 0.15) is 18.2 Å². The number of aryl methyl sites for hydroxylation is 1. The van der Waals surface area contributed by atoms with Gasteiger partial charge in [0.15, 0.2) is 11.5 Å². The molecule has 21 heavy (non-hydrogen) atoms. The van der Waals surface area contributed by atoms with Crippen molar-refractivity contribution < 1.29 is 20.1 Å². The van der Waals surface area contributed by atoms with Crippen LogP contribution in [0.3, 0.4) is 0 Å². The number of hydrogen-bond acceptors (Lipinski definition) is 5. The fourth-order valence-corrected chi connectivity index (χ4v) is 1.92. The van der Waals surface area contributed by atoms with Crippen LogP contribution in [0.25, 0.3) is 0 Å². The first-order valence-electron chi connectivity index (χ1n) is 6.52. The van der Waals surface area contributed by atoms with E-state index in [2.05, 4.69) is 10.4 Å². The van der Waals surface area contributed by atoms with Gasteiger partial charge in [-0.1, -0.05) is 13.0 Å². The second-order valence-electron chi connectivity index (χ2n) is 4.67. The number of benzene rings is 1. The molecule has 0 spiro atoms. The van der Waals surface area contributed by atoms with Crippen LogP contribution in [-0.4, -0.2) is 37.0 Å². The Morgan fingerprint density at radius 1 is 1.38 bits per heavy atom. The monoisotopic (exact) mass is 291 g/mol. The van der Waals surface area contributed by atoms with Crippen LogP contribution in [0.4, 0.5) is 0 Å². The molecule has 1 aromatic heterocycles. The third-order valence-corrected chi connectivity index (χ3v) is 3.08. The molecule has 0 saturated heterocycles. The van der Waals surface area contributed by atoms with Crippen LogP contribution < -0.4 is 5.43 Å². The van der Waals surface area contributed by atoms with Gasteiger partial charge in [-0.05, 0) is 24.1 Å². The minimum absolute atomic E-state index is 0.156. The zero-order valence-corrected chi connectivity index (χ0v) is 11.5. The minimum Gasteiger partial charge on any atom is -0.504 e. The molecule has 4 N–H and O–H groups in total. The van der Waals surface area contributed by atoms with Crippen molar-refractivity contribution in [3.63, 3.8) is 0 Å². The average Bonchev–Trinajstić information content (AvgIpc) is 2.90. The molecular formula is C14H17N3O4. The summed E-state index contributed by atoms with van der Waals surface area (Å²) in [6.45, 7) is 1.96. The molecule has 0 aliphatic carbocycles. The van der Waals surface area contributed by atoms with Gasteiger partial charge in [-0.3, -0.25) is 4.68 Å². The molecule has 0 aliphatic heterocycles. The SMILES string of the molecule is CCc1cn(N[C@@H](Cc2ccc(O)c(O)c2)C(=O)O)cn1. The van der Waals surface area contributed by atoms with Gasteiger partial charge in [0, 0.05) is 12.6 Å². The molecule has 1 heterocycles. The van der Waals surface area contributed by atoms with Crippen LogP contribution in [0, 0.1) is 0 Å². The summed E-state index contributed by atoms with van der Waals surface area (Å²) < 4.78 is 1.51. The van der Waals surface area contributed by atoms with Gasteiger partial charge in [0.05, 0.1) is 5.69 Å². The molecule has 0 unspecified atom stereocenters. The fourth-order valence-electron chi connectivity index (χ4n) is 1.92. The van der Waals surface area contributed by atoms with Crippen LogP contribution in [0.2, 0.25) is 0 Å². The number of aromatic hydroxyl groups is 2. The molecule has 0 fully saturated rings. The summed E-state index contributed by atoms with van der Waals surface area (Å²) in [5.74, 6) is -1.53. The highest BCUT2D eigenvalue weighted by Crippen LogP contribution is 2.25. The second-order valence-corrected chi connectivity index (χ2v) is 4.67. The number of carbonyl (C=O) groups is 1. The number of rotatable bonds is 6. The lowest BCUT2D eigenvalue weighted by atomic mass is 10.1. The van der Waals surface area contributed by atoms with E-state index in [0.29, 0.717) is 5.56 Å². The normalized spacial score (nSPS) is 12.0. The van der Waals surface area contributed by atoms with Gasteiger partial charge in [-0.15, -0.1) is 0 Å². The maximum atomic E-state index is 11.3. The van der Waals surface area contributed by atoms with Gasteiger partial charge in [-0.2, -0.15) is 0 Å². The molecule has 0 aliphatic rings. The van der Waals surface area contributed by atoms with Crippen molar-refractivity contribution in [2.75, 3.05) is 5.43 Å². The number of hydrogen-bond donors (Lipinski definition) is 4. The van der Waals surface area contributed by atoms with Crippen molar-refractivity contribution in [2.45, 2.75) is 25.8 Å². The van der Waals surface area contributed by atoms with Crippen LogP contribution >= 0.6 is 0 Å². The zero-order chi connectivity index (χ0) is 15.4. The van der Waals surface area contributed by atoms with E-state index in [0.717, 1.165) is 12.1 Å². The Morgan fingerprint density at radius 2 is 2.14 bits per heavy atom. The Balaban J connectivity index is 2.11. The van der Waals surface area contributed by atoms with E-state index in [1.165, 1.54) is 23.1 Å². The third kappa shape index (κ3) is 3.65. The summed E-state index contributed by atoms with van der Waals surface area (Å²) in [6.07, 6.45) is 4.16. The summed E-state index contributed by atoms with van der Waals surface area (Å²) in [4.78, 5) is 15.4. The van der Waals surface area contributed by atoms with Crippen molar-refractivity contribution in [1.29, 1.82) is 0 Å². The maximum Gasteiger partial charge on any atom is 0.328 e. The number of phenols is 2. The molecule has 0 bridgehead atoms. The Bertz CT molecular complexity index is 639. The lowest BCUT2D eigenvalue weighted by molar-refractivity contribution is -0.138. The number of imidazole rings is 1. The highest BCUT2D eigenvalue weighted by molar-refractivity contribution is 5.75. The Labute approximate surface area is 121 Å². The summed E-state index contributed by atoms with van der Waals surface area (Å²) >= 11 is 0. The molecule has 1 aromatic carbocycles. The molecular weight excluding hydrogens is 274 g/mol. The van der Waals surface area contributed by atoms with E-state index in [1.54, 1.807) is 12.3 Å². The summed E-state index contributed by atoms with van der Waals surface area (Å²) in [5.41, 5.74) is 4.28. The van der Waals surface area contributed by atoms with Gasteiger partial charge in [0.25, 0.3) is 0 Å². The van der Waals surface area contributed by atoms with Crippen LogP contribution in [0.5, 0.6) is 11.5 Å². The lowest BCUT2D eigenvalue weighted by Crippen LogP contribution is -2.36. The quantitative estimate of drug-likeness (QED) is 0.594. The number of phenolic OH excluding ortho intramolecular Hbond substituents is 2. The third-order valence-electron chi connectivity index (χ3n) is 3.08. The number of aromatic nitrogens is 2. The largest absolute Gasteiger partial charge is 0.504 e. The average molecular weight is 291 g/mol. The lowest BCUT2D eigenvalue weighted by Gasteiger charge is -2.16. The van der Waals surface area contributed by atoms with E-state index in [9.17, 15) is 20.1 Å². The van der Waals surface area contributed by atoms with Crippen molar-refractivity contribution in [3.05, 3.63) is 42.0 Å². The Hall–Kier alpha value is -2.70. The van der Waals surface area contributed by atoms with E-state index in [-0.39, 0.29) is 17.9 Å². The number of nitrogens with zero attached hydrogens (tertiary/aromatic N) is 2. The van der Waals surface area contributed by atoms with Crippen LogP contribution in [-0.2, 0) is 17.6 Å². The number of nitrogens with one attached hydrogen (secondary N) is 1. The molecule has 0 radical (unpaired) electrons. The van der Waals surface area contributed by atoms with Gasteiger partial charge in [-0.25, -0.2) is 9.78 Å². The minimum atomic E-state index is -1.02. The first kappa shape index (κ1) is 14.7. The molecule has 112 valence electrons. The molecule has 2 rings (SSSR count). The maximum absolute atomic E-state index is 11.3. The molecule has 7 heteroatoms. The van der Waals surface area contributed by atoms with E-state index < -0.39 is 12.0 Å². The summed E-state index contributed by atoms with van der Waals surface area (Å²) in [5, 5.41) is 28.0. The highest BCUT2D eigenvalue weighted by atomic mass is 16.4. The molecule has 1 atom stereocenters. The van der Waals surface area contributed by atoms with E-state index >= 15 is 0 Å². The first-order valence-corrected chi connectivity index (χ1v) is 6.52. The Kier molecular flexibility index (Phi) is 4.32. The van der Waals surface area contributed by atoms with Crippen molar-refractivity contribution in [1.82, 2.24) is 9.66 Å². The predicted octanol–water partition coefficient (Wildman–Crippen LogP) is 1.10. The van der Waals surface area contributed by atoms with Gasteiger partial charge in [0.1, 0.15) is 12.4 Å². The van der Waals surface area contributed by atoms with E-state index in [1.807, 2.05) is 6.92 Å². The topological polar surface area (TPSA) is 108 Å². The van der Waals surface area contributed by atoms with Crippen LogP contribution in [0.15, 0.2) is 30.7 Å². The van der Waals surface area contributed by atoms with Crippen molar-refractivity contribution in [2.24, 2.45) is 0 Å². The summed E-state index contributed by atoms with van der Waals surface area (Å²) in [6, 6.07) is 3.36.